The quantitative estimate of drug-likeness (QED) is 0.683. The van der Waals surface area contributed by atoms with Crippen molar-refractivity contribution in [1.82, 2.24) is 10.3 Å². The highest BCUT2D eigenvalue weighted by atomic mass is 16.5. The van der Waals surface area contributed by atoms with Gasteiger partial charge in [-0.3, -0.25) is 4.79 Å². The Morgan fingerprint density at radius 3 is 3.18 bits per heavy atom. The molecule has 0 unspecified atom stereocenters. The number of aromatic nitrogens is 1. The molecule has 1 amide bonds. The molecule has 0 radical (unpaired) electrons. The number of carbonyl (C=O) groups is 1. The number of nitriles is 1. The summed E-state index contributed by atoms with van der Waals surface area (Å²) in [5.74, 6) is -0.127. The molecule has 0 fully saturated rings. The van der Waals surface area contributed by atoms with Gasteiger partial charge in [-0.2, -0.15) is 5.26 Å². The maximum atomic E-state index is 11.3. The van der Waals surface area contributed by atoms with Crippen molar-refractivity contribution in [2.75, 3.05) is 32.1 Å². The molecule has 0 spiro atoms. The van der Waals surface area contributed by atoms with Gasteiger partial charge in [-0.05, 0) is 12.1 Å². The zero-order valence-electron chi connectivity index (χ0n) is 9.56. The number of rotatable bonds is 6. The number of amides is 1. The Morgan fingerprint density at radius 2 is 2.47 bits per heavy atom. The third kappa shape index (κ3) is 4.95. The van der Waals surface area contributed by atoms with Crippen LogP contribution in [0.3, 0.4) is 0 Å². The summed E-state index contributed by atoms with van der Waals surface area (Å²) in [7, 11) is 1.57. The van der Waals surface area contributed by atoms with Crippen molar-refractivity contribution in [2.24, 2.45) is 0 Å². The first kappa shape index (κ1) is 12.9. The van der Waals surface area contributed by atoms with Gasteiger partial charge >= 0.3 is 0 Å². The monoisotopic (exact) mass is 234 g/mol. The van der Waals surface area contributed by atoms with Crippen molar-refractivity contribution in [3.05, 3.63) is 24.0 Å². The van der Waals surface area contributed by atoms with E-state index >= 15 is 0 Å². The van der Waals surface area contributed by atoms with E-state index in [1.54, 1.807) is 19.2 Å². The summed E-state index contributed by atoms with van der Waals surface area (Å²) in [6.45, 7) is 1.12. The Hall–Kier alpha value is -2.13. The van der Waals surface area contributed by atoms with Crippen LogP contribution in [0.5, 0.6) is 0 Å². The predicted octanol–water partition coefficient (Wildman–Crippen LogP) is 0.128. The highest BCUT2D eigenvalue weighted by Crippen LogP contribution is 2.06. The molecule has 0 aromatic carbocycles. The first-order valence-electron chi connectivity index (χ1n) is 5.12. The van der Waals surface area contributed by atoms with Crippen LogP contribution in [0, 0.1) is 11.3 Å². The van der Waals surface area contributed by atoms with Crippen LogP contribution in [0.25, 0.3) is 0 Å². The van der Waals surface area contributed by atoms with Gasteiger partial charge in [-0.25, -0.2) is 4.98 Å². The van der Waals surface area contributed by atoms with Crippen molar-refractivity contribution in [3.8, 4) is 6.07 Å². The van der Waals surface area contributed by atoms with Gasteiger partial charge in [0.05, 0.1) is 13.2 Å². The van der Waals surface area contributed by atoms with E-state index in [9.17, 15) is 4.79 Å². The lowest BCUT2D eigenvalue weighted by Crippen LogP contribution is -2.32. The number of hydrogen-bond donors (Lipinski definition) is 2. The molecule has 90 valence electrons. The smallest absolute Gasteiger partial charge is 0.239 e. The lowest BCUT2D eigenvalue weighted by Gasteiger charge is -2.07. The Kier molecular flexibility index (Phi) is 5.47. The average molecular weight is 234 g/mol. The molecule has 1 aromatic heterocycles. The molecule has 1 rings (SSSR count). The minimum Gasteiger partial charge on any atom is -0.383 e. The van der Waals surface area contributed by atoms with E-state index < -0.39 is 0 Å². The fourth-order valence-corrected chi connectivity index (χ4v) is 1.14. The molecule has 0 bridgehead atoms. The average Bonchev–Trinajstić information content (AvgIpc) is 2.37. The third-order valence-electron chi connectivity index (χ3n) is 1.96. The second-order valence-corrected chi connectivity index (χ2v) is 3.24. The number of methoxy groups -OCH3 is 1. The van der Waals surface area contributed by atoms with Gasteiger partial charge in [-0.15, -0.1) is 0 Å². The van der Waals surface area contributed by atoms with Crippen LogP contribution in [0.1, 0.15) is 5.69 Å². The predicted molar refractivity (Wildman–Crippen MR) is 62.3 cm³/mol. The Bertz CT molecular complexity index is 414. The first-order valence-corrected chi connectivity index (χ1v) is 5.12. The van der Waals surface area contributed by atoms with E-state index in [0.29, 0.717) is 24.5 Å². The van der Waals surface area contributed by atoms with Crippen LogP contribution in [-0.2, 0) is 9.53 Å². The van der Waals surface area contributed by atoms with Crippen LogP contribution in [0.2, 0.25) is 0 Å². The largest absolute Gasteiger partial charge is 0.383 e. The van der Waals surface area contributed by atoms with Crippen LogP contribution in [0.15, 0.2) is 18.3 Å². The zero-order chi connectivity index (χ0) is 12.5. The summed E-state index contributed by atoms with van der Waals surface area (Å²) in [5, 5.41) is 14.2. The highest BCUT2D eigenvalue weighted by Gasteiger charge is 2.01. The molecular weight excluding hydrogens is 220 g/mol. The number of carbonyl (C=O) groups excluding carboxylic acids is 1. The number of anilines is 1. The lowest BCUT2D eigenvalue weighted by molar-refractivity contribution is -0.119. The van der Waals surface area contributed by atoms with Gasteiger partial charge in [0.25, 0.3) is 0 Å². The van der Waals surface area contributed by atoms with Gasteiger partial charge in [0.15, 0.2) is 0 Å². The standard InChI is InChI=1S/C11H14N4O2/c1-17-5-4-14-11(16)8-15-9-2-3-13-10(6-9)7-12/h2-3,6H,4-5,8H2,1H3,(H,13,15)(H,14,16). The van der Waals surface area contributed by atoms with Crippen molar-refractivity contribution in [1.29, 1.82) is 5.26 Å². The van der Waals surface area contributed by atoms with Gasteiger partial charge in [0, 0.05) is 25.5 Å². The second kappa shape index (κ2) is 7.19. The van der Waals surface area contributed by atoms with E-state index in [-0.39, 0.29) is 12.5 Å². The number of nitrogens with zero attached hydrogens (tertiary/aromatic N) is 2. The topological polar surface area (TPSA) is 87.0 Å². The second-order valence-electron chi connectivity index (χ2n) is 3.24. The van der Waals surface area contributed by atoms with E-state index in [2.05, 4.69) is 15.6 Å². The molecule has 1 aromatic rings. The summed E-state index contributed by atoms with van der Waals surface area (Å²) in [4.78, 5) is 15.2. The molecule has 2 N–H and O–H groups in total. The number of nitrogens with one attached hydrogen (secondary N) is 2. The number of hydrogen-bond acceptors (Lipinski definition) is 5. The first-order chi connectivity index (χ1) is 8.26. The molecule has 1 heterocycles. The minimum absolute atomic E-state index is 0.127. The molecule has 0 atom stereocenters. The van der Waals surface area contributed by atoms with Gasteiger partial charge in [0.2, 0.25) is 5.91 Å². The fourth-order valence-electron chi connectivity index (χ4n) is 1.14. The maximum absolute atomic E-state index is 11.3. The van der Waals surface area contributed by atoms with Crippen molar-refractivity contribution >= 4 is 11.6 Å². The number of pyridine rings is 1. The zero-order valence-corrected chi connectivity index (χ0v) is 9.56. The molecule has 0 aliphatic carbocycles. The normalized spacial score (nSPS) is 9.41. The molecule has 0 saturated carbocycles. The van der Waals surface area contributed by atoms with Crippen molar-refractivity contribution in [3.63, 3.8) is 0 Å². The van der Waals surface area contributed by atoms with E-state index in [1.165, 1.54) is 6.20 Å². The summed E-state index contributed by atoms with van der Waals surface area (Å²) < 4.78 is 4.81. The Labute approximate surface area is 99.6 Å². The molecular formula is C11H14N4O2. The van der Waals surface area contributed by atoms with Crippen molar-refractivity contribution < 1.29 is 9.53 Å². The maximum Gasteiger partial charge on any atom is 0.239 e. The van der Waals surface area contributed by atoms with Gasteiger partial charge in [0.1, 0.15) is 11.8 Å². The van der Waals surface area contributed by atoms with E-state index in [1.807, 2.05) is 6.07 Å². The lowest BCUT2D eigenvalue weighted by atomic mass is 10.3. The summed E-state index contributed by atoms with van der Waals surface area (Å²) in [5.41, 5.74) is 1.01. The van der Waals surface area contributed by atoms with E-state index in [0.717, 1.165) is 0 Å². The molecule has 17 heavy (non-hydrogen) atoms. The fraction of sp³-hybridized carbons (Fsp3) is 0.364. The minimum atomic E-state index is -0.127. The Morgan fingerprint density at radius 1 is 1.65 bits per heavy atom. The molecule has 6 heteroatoms. The van der Waals surface area contributed by atoms with Crippen LogP contribution < -0.4 is 10.6 Å². The molecule has 6 nitrogen and oxygen atoms in total. The SMILES string of the molecule is COCCNC(=O)CNc1ccnc(C#N)c1. The van der Waals surface area contributed by atoms with Crippen LogP contribution in [0.4, 0.5) is 5.69 Å². The van der Waals surface area contributed by atoms with E-state index in [4.69, 9.17) is 10.00 Å². The van der Waals surface area contributed by atoms with Crippen LogP contribution in [-0.4, -0.2) is 37.7 Å². The summed E-state index contributed by atoms with van der Waals surface area (Å²) in [6.07, 6.45) is 1.52. The Balaban J connectivity index is 2.34. The molecule has 0 aliphatic heterocycles. The molecule has 0 saturated heterocycles. The molecule has 0 aliphatic rings. The number of ether oxygens (including phenoxy) is 1. The van der Waals surface area contributed by atoms with Gasteiger partial charge < -0.3 is 15.4 Å². The highest BCUT2D eigenvalue weighted by molar-refractivity contribution is 5.80. The van der Waals surface area contributed by atoms with Crippen LogP contribution >= 0.6 is 0 Å². The summed E-state index contributed by atoms with van der Waals surface area (Å²) >= 11 is 0. The van der Waals surface area contributed by atoms with Crippen molar-refractivity contribution in [2.45, 2.75) is 0 Å². The van der Waals surface area contributed by atoms with Gasteiger partial charge in [-0.1, -0.05) is 0 Å². The third-order valence-corrected chi connectivity index (χ3v) is 1.96. The summed E-state index contributed by atoms with van der Waals surface area (Å²) in [6, 6.07) is 5.21.